The molecule has 352 valence electrons. The molecule has 0 aliphatic heterocycles. The Hall–Kier alpha value is -6.87. The fourth-order valence-corrected chi connectivity index (χ4v) is 5.13. The third kappa shape index (κ3) is 20.3. The van der Waals surface area contributed by atoms with Gasteiger partial charge in [-0.2, -0.15) is 0 Å². The molecule has 0 aliphatic rings. The number of carbonyl (C=O) groups excluding carboxylic acids is 7. The number of hydrogen-bond donors (Lipinski definition) is 0. The maximum absolute atomic E-state index is 12.4. The standard InChI is InChI=1S/C47H50O19/c48-34-35-6-8-37(9-7-35)43(50)60-26-18-55-19-27-61-44(51)38-10-12-39(13-11-38)45(52)62-28-20-56-21-29-63-46(53)40-14-16-41(17-15-40)47(54)64-31-23-58-25-33-66-65-32-24-57-22-30-59-42(49)36-4-2-1-3-5-36/h1-17,34H,18-33H2. The summed E-state index contributed by atoms with van der Waals surface area (Å²) in [5, 5.41) is 0. The van der Waals surface area contributed by atoms with Crippen LogP contribution in [-0.4, -0.2) is 148 Å². The van der Waals surface area contributed by atoms with Crippen molar-refractivity contribution in [3.8, 4) is 0 Å². The van der Waals surface area contributed by atoms with E-state index in [4.69, 9.17) is 57.1 Å². The van der Waals surface area contributed by atoms with Crippen LogP contribution < -0.4 is 0 Å². The zero-order valence-corrected chi connectivity index (χ0v) is 36.0. The van der Waals surface area contributed by atoms with Crippen LogP contribution in [0.15, 0.2) is 103 Å². The normalized spacial score (nSPS) is 10.7. The Labute approximate surface area is 379 Å². The molecule has 4 aromatic rings. The van der Waals surface area contributed by atoms with Crippen LogP contribution in [0.1, 0.15) is 72.5 Å². The molecule has 4 rings (SSSR count). The molecule has 0 heterocycles. The second-order valence-electron chi connectivity index (χ2n) is 13.2. The quantitative estimate of drug-likeness (QED) is 0.0163. The van der Waals surface area contributed by atoms with Crippen molar-refractivity contribution in [2.24, 2.45) is 0 Å². The van der Waals surface area contributed by atoms with Crippen LogP contribution in [0.3, 0.4) is 0 Å². The van der Waals surface area contributed by atoms with Crippen LogP contribution in [0.4, 0.5) is 0 Å². The maximum Gasteiger partial charge on any atom is 0.338 e. The van der Waals surface area contributed by atoms with E-state index in [1.807, 2.05) is 6.07 Å². The zero-order chi connectivity index (χ0) is 47.0. The summed E-state index contributed by atoms with van der Waals surface area (Å²) in [5.41, 5.74) is 2.07. The van der Waals surface area contributed by atoms with Crippen molar-refractivity contribution in [1.29, 1.82) is 0 Å². The van der Waals surface area contributed by atoms with Crippen LogP contribution in [0, 0.1) is 0 Å². The fourth-order valence-electron chi connectivity index (χ4n) is 5.13. The van der Waals surface area contributed by atoms with Crippen LogP contribution in [0.2, 0.25) is 0 Å². The van der Waals surface area contributed by atoms with Crippen LogP contribution >= 0.6 is 0 Å². The summed E-state index contributed by atoms with van der Waals surface area (Å²) in [6, 6.07) is 26.0. The van der Waals surface area contributed by atoms with Gasteiger partial charge in [-0.15, -0.1) is 0 Å². The molecule has 0 spiro atoms. The molecule has 0 unspecified atom stereocenters. The number of aldehydes is 1. The highest BCUT2D eigenvalue weighted by Gasteiger charge is 2.14. The second kappa shape index (κ2) is 31.1. The Balaban J connectivity index is 0.929. The highest BCUT2D eigenvalue weighted by Crippen LogP contribution is 2.10. The van der Waals surface area contributed by atoms with Crippen molar-refractivity contribution in [1.82, 2.24) is 0 Å². The van der Waals surface area contributed by atoms with Crippen LogP contribution in [0.5, 0.6) is 0 Å². The van der Waals surface area contributed by atoms with Gasteiger partial charge in [-0.3, -0.25) is 4.79 Å². The molecule has 19 nitrogen and oxygen atoms in total. The average molecular weight is 919 g/mol. The zero-order valence-electron chi connectivity index (χ0n) is 36.0. The average Bonchev–Trinajstić information content (AvgIpc) is 3.35. The first-order valence-electron chi connectivity index (χ1n) is 20.6. The van der Waals surface area contributed by atoms with E-state index < -0.39 is 35.8 Å². The summed E-state index contributed by atoms with van der Waals surface area (Å²) >= 11 is 0. The van der Waals surface area contributed by atoms with Gasteiger partial charge >= 0.3 is 35.8 Å². The van der Waals surface area contributed by atoms with Gasteiger partial charge in [0.15, 0.2) is 0 Å². The predicted octanol–water partition coefficient (Wildman–Crippen LogP) is 4.56. The lowest BCUT2D eigenvalue weighted by Gasteiger charge is -2.09. The highest BCUT2D eigenvalue weighted by atomic mass is 17.2. The van der Waals surface area contributed by atoms with E-state index in [1.54, 1.807) is 24.3 Å². The maximum atomic E-state index is 12.4. The van der Waals surface area contributed by atoms with E-state index in [0.717, 1.165) is 0 Å². The van der Waals surface area contributed by atoms with Gasteiger partial charge in [0.05, 0.1) is 86.2 Å². The molecular weight excluding hydrogens is 868 g/mol. The van der Waals surface area contributed by atoms with Crippen molar-refractivity contribution < 1.29 is 90.7 Å². The van der Waals surface area contributed by atoms with Gasteiger partial charge in [0.2, 0.25) is 0 Å². The minimum atomic E-state index is -0.635. The summed E-state index contributed by atoms with van der Waals surface area (Å²) in [4.78, 5) is 93.9. The Bertz CT molecular complexity index is 2090. The Kier molecular flexibility index (Phi) is 24.4. The van der Waals surface area contributed by atoms with E-state index >= 15 is 0 Å². The molecule has 66 heavy (non-hydrogen) atoms. The number of hydrogen-bond acceptors (Lipinski definition) is 19. The molecule has 0 aromatic heterocycles. The lowest BCUT2D eigenvalue weighted by Crippen LogP contribution is -2.16. The van der Waals surface area contributed by atoms with Crippen LogP contribution in [-0.2, 0) is 57.1 Å². The highest BCUT2D eigenvalue weighted by molar-refractivity contribution is 5.94. The molecule has 19 heteroatoms. The third-order valence-electron chi connectivity index (χ3n) is 8.47. The van der Waals surface area contributed by atoms with Gasteiger partial charge in [-0.1, -0.05) is 30.3 Å². The number of carbonyl (C=O) groups is 7. The minimum absolute atomic E-state index is 0.00896. The van der Waals surface area contributed by atoms with Gasteiger partial charge < -0.3 is 47.4 Å². The summed E-state index contributed by atoms with van der Waals surface area (Å²) in [6.45, 7) is 1.18. The van der Waals surface area contributed by atoms with Crippen molar-refractivity contribution in [3.05, 3.63) is 142 Å². The van der Waals surface area contributed by atoms with Gasteiger partial charge in [0, 0.05) is 5.56 Å². The Morgan fingerprint density at radius 1 is 0.288 bits per heavy atom. The molecule has 0 saturated heterocycles. The molecule has 0 fully saturated rings. The van der Waals surface area contributed by atoms with Crippen LogP contribution in [0.25, 0.3) is 0 Å². The lowest BCUT2D eigenvalue weighted by atomic mass is 10.1. The molecule has 0 radical (unpaired) electrons. The molecule has 0 saturated carbocycles. The van der Waals surface area contributed by atoms with Crippen molar-refractivity contribution in [3.63, 3.8) is 0 Å². The molecule has 4 aromatic carbocycles. The van der Waals surface area contributed by atoms with E-state index in [0.29, 0.717) is 23.0 Å². The smallest absolute Gasteiger partial charge is 0.338 e. The van der Waals surface area contributed by atoms with Gasteiger partial charge in [0.25, 0.3) is 0 Å². The van der Waals surface area contributed by atoms with E-state index in [2.05, 4.69) is 0 Å². The van der Waals surface area contributed by atoms with E-state index in [9.17, 15) is 33.6 Å². The Morgan fingerprint density at radius 2 is 0.515 bits per heavy atom. The number of esters is 6. The van der Waals surface area contributed by atoms with Crippen molar-refractivity contribution in [2.45, 2.75) is 0 Å². The minimum Gasteiger partial charge on any atom is -0.460 e. The van der Waals surface area contributed by atoms with Gasteiger partial charge in [-0.05, 0) is 72.8 Å². The summed E-state index contributed by atoms with van der Waals surface area (Å²) in [5.74, 6) is -3.47. The summed E-state index contributed by atoms with van der Waals surface area (Å²) in [6.07, 6.45) is 0.672. The van der Waals surface area contributed by atoms with E-state index in [-0.39, 0.29) is 128 Å². The number of benzene rings is 4. The largest absolute Gasteiger partial charge is 0.460 e. The first-order valence-corrected chi connectivity index (χ1v) is 20.6. The second-order valence-corrected chi connectivity index (χ2v) is 13.2. The topological polar surface area (TPSA) is 230 Å². The SMILES string of the molecule is O=Cc1ccc(C(=O)OCCOCCOC(=O)c2ccc(C(=O)OCCOCCOC(=O)c3ccc(C(=O)OCCOCCOOCCOCCOC(=O)c4ccccc4)cc3)cc2)cc1. The molecule has 0 atom stereocenters. The van der Waals surface area contributed by atoms with Gasteiger partial charge in [-0.25, -0.2) is 38.5 Å². The molecule has 0 N–H and O–H groups in total. The number of ether oxygens (including phenoxy) is 10. The first kappa shape index (κ1) is 51.8. The molecule has 0 amide bonds. The fraction of sp³-hybridized carbons (Fsp3) is 0.340. The summed E-state index contributed by atoms with van der Waals surface area (Å²) < 4.78 is 52.3. The van der Waals surface area contributed by atoms with Crippen molar-refractivity contribution in [2.75, 3.05) is 106 Å². The monoisotopic (exact) mass is 918 g/mol. The predicted molar refractivity (Wildman–Crippen MR) is 228 cm³/mol. The molecule has 0 aliphatic carbocycles. The Morgan fingerprint density at radius 3 is 0.773 bits per heavy atom. The van der Waals surface area contributed by atoms with Crippen molar-refractivity contribution >= 4 is 42.1 Å². The number of rotatable bonds is 32. The molecular formula is C47H50O19. The van der Waals surface area contributed by atoms with E-state index in [1.165, 1.54) is 72.8 Å². The summed E-state index contributed by atoms with van der Waals surface area (Å²) in [7, 11) is 0. The lowest BCUT2D eigenvalue weighted by molar-refractivity contribution is -0.303. The molecule has 0 bridgehead atoms. The third-order valence-corrected chi connectivity index (χ3v) is 8.47. The van der Waals surface area contributed by atoms with Gasteiger partial charge in [0.1, 0.15) is 59.1 Å². The first-order chi connectivity index (χ1) is 32.2.